The lowest BCUT2D eigenvalue weighted by Gasteiger charge is -2.21. The summed E-state index contributed by atoms with van der Waals surface area (Å²) in [4.78, 5) is 35.6. The van der Waals surface area contributed by atoms with Crippen LogP contribution in [0.1, 0.15) is 35.7 Å². The molecule has 1 atom stereocenters. The highest BCUT2D eigenvalue weighted by atomic mass is 16.4. The van der Waals surface area contributed by atoms with Gasteiger partial charge in [-0.25, -0.2) is 4.79 Å². The molecule has 1 aromatic carbocycles. The summed E-state index contributed by atoms with van der Waals surface area (Å²) in [5.74, 6) is -1.53. The maximum absolute atomic E-state index is 11.9. The summed E-state index contributed by atoms with van der Waals surface area (Å²) in [6.07, 6.45) is 0.0966. The van der Waals surface area contributed by atoms with E-state index < -0.39 is 12.0 Å². The number of Topliss-reactive ketones (excluding diaryl/α,β-unsaturated/α-hetero) is 1. The molecule has 0 aromatic heterocycles. The molecular weight excluding hydrogens is 258 g/mol. The number of nitrogens with zero attached hydrogens (tertiary/aromatic N) is 1. The summed E-state index contributed by atoms with van der Waals surface area (Å²) in [5, 5.41) is 8.82. The molecule has 1 unspecified atom stereocenters. The number of carboxylic acid groups (broad SMARTS) is 1. The number of carboxylic acids is 1. The van der Waals surface area contributed by atoms with Crippen LogP contribution in [0.2, 0.25) is 0 Å². The average Bonchev–Trinajstić information content (AvgIpc) is 2.43. The Bertz CT molecular complexity index is 507. The number of carbonyl (C=O) groups is 3. The Morgan fingerprint density at radius 1 is 1.15 bits per heavy atom. The SMILES string of the molecule is Cc1ccc(C(=O)CCC(=O)N(C)C(C)C(=O)O)cc1. The molecule has 0 aliphatic heterocycles. The van der Waals surface area contributed by atoms with Crippen molar-refractivity contribution in [3.8, 4) is 0 Å². The molecule has 5 nitrogen and oxygen atoms in total. The van der Waals surface area contributed by atoms with Gasteiger partial charge >= 0.3 is 5.97 Å². The summed E-state index contributed by atoms with van der Waals surface area (Å²) >= 11 is 0. The van der Waals surface area contributed by atoms with Gasteiger partial charge in [0.15, 0.2) is 5.78 Å². The van der Waals surface area contributed by atoms with E-state index in [4.69, 9.17) is 5.11 Å². The highest BCUT2D eigenvalue weighted by Gasteiger charge is 2.22. The van der Waals surface area contributed by atoms with Gasteiger partial charge < -0.3 is 10.0 Å². The van der Waals surface area contributed by atoms with E-state index in [0.717, 1.165) is 10.5 Å². The van der Waals surface area contributed by atoms with Crippen molar-refractivity contribution in [3.63, 3.8) is 0 Å². The zero-order valence-corrected chi connectivity index (χ0v) is 11.9. The predicted molar refractivity (Wildman–Crippen MR) is 74.6 cm³/mol. The van der Waals surface area contributed by atoms with Crippen LogP contribution in [-0.2, 0) is 9.59 Å². The first-order chi connectivity index (χ1) is 9.32. The molecule has 108 valence electrons. The second kappa shape index (κ2) is 6.84. The first-order valence-corrected chi connectivity index (χ1v) is 6.41. The van der Waals surface area contributed by atoms with Crippen LogP contribution >= 0.6 is 0 Å². The average molecular weight is 277 g/mol. The van der Waals surface area contributed by atoms with E-state index in [0.29, 0.717) is 5.56 Å². The van der Waals surface area contributed by atoms with Gasteiger partial charge in [-0.3, -0.25) is 9.59 Å². The van der Waals surface area contributed by atoms with E-state index in [1.165, 1.54) is 14.0 Å². The molecule has 1 rings (SSSR count). The van der Waals surface area contributed by atoms with Crippen molar-refractivity contribution in [1.29, 1.82) is 0 Å². The number of rotatable bonds is 6. The zero-order valence-electron chi connectivity index (χ0n) is 11.9. The summed E-state index contributed by atoms with van der Waals surface area (Å²) < 4.78 is 0. The molecule has 0 aliphatic carbocycles. The monoisotopic (exact) mass is 277 g/mol. The third kappa shape index (κ3) is 4.19. The molecule has 1 amide bonds. The lowest BCUT2D eigenvalue weighted by molar-refractivity contribution is -0.148. The van der Waals surface area contributed by atoms with E-state index in [-0.39, 0.29) is 24.5 Å². The number of benzene rings is 1. The van der Waals surface area contributed by atoms with E-state index in [1.54, 1.807) is 12.1 Å². The van der Waals surface area contributed by atoms with Crippen LogP contribution in [0.5, 0.6) is 0 Å². The highest BCUT2D eigenvalue weighted by Crippen LogP contribution is 2.09. The number of amides is 1. The van der Waals surface area contributed by atoms with Crippen LogP contribution in [0.3, 0.4) is 0 Å². The number of carbonyl (C=O) groups excluding carboxylic acids is 2. The van der Waals surface area contributed by atoms with Crippen molar-refractivity contribution in [2.45, 2.75) is 32.7 Å². The first kappa shape index (κ1) is 15.9. The molecule has 0 radical (unpaired) electrons. The number of hydrogen-bond acceptors (Lipinski definition) is 3. The Morgan fingerprint density at radius 3 is 2.20 bits per heavy atom. The van der Waals surface area contributed by atoms with Crippen LogP contribution in [0.4, 0.5) is 0 Å². The fourth-order valence-corrected chi connectivity index (χ4v) is 1.66. The summed E-state index contributed by atoms with van der Waals surface area (Å²) in [6, 6.07) is 6.25. The smallest absolute Gasteiger partial charge is 0.326 e. The van der Waals surface area contributed by atoms with Crippen molar-refractivity contribution >= 4 is 17.7 Å². The molecule has 0 aliphatic rings. The number of hydrogen-bond donors (Lipinski definition) is 1. The van der Waals surface area contributed by atoms with Crippen molar-refractivity contribution in [1.82, 2.24) is 4.90 Å². The van der Waals surface area contributed by atoms with Gasteiger partial charge in [-0.1, -0.05) is 29.8 Å². The minimum atomic E-state index is -1.06. The fraction of sp³-hybridized carbons (Fsp3) is 0.400. The Kier molecular flexibility index (Phi) is 5.43. The van der Waals surface area contributed by atoms with Crippen LogP contribution in [-0.4, -0.2) is 40.8 Å². The molecular formula is C15H19NO4. The summed E-state index contributed by atoms with van der Waals surface area (Å²) in [5.41, 5.74) is 1.63. The lowest BCUT2D eigenvalue weighted by Crippen LogP contribution is -2.40. The van der Waals surface area contributed by atoms with Gasteiger partial charge in [-0.05, 0) is 13.8 Å². The highest BCUT2D eigenvalue weighted by molar-refractivity contribution is 5.98. The predicted octanol–water partition coefficient (Wildman–Crippen LogP) is 1.89. The van der Waals surface area contributed by atoms with Crippen molar-refractivity contribution < 1.29 is 19.5 Å². The first-order valence-electron chi connectivity index (χ1n) is 6.41. The summed E-state index contributed by atoms with van der Waals surface area (Å²) in [7, 11) is 1.43. The zero-order chi connectivity index (χ0) is 15.3. The lowest BCUT2D eigenvalue weighted by atomic mass is 10.0. The molecule has 5 heteroatoms. The molecule has 1 aromatic rings. The van der Waals surface area contributed by atoms with Gasteiger partial charge in [0.2, 0.25) is 5.91 Å². The number of ketones is 1. The Balaban J connectivity index is 2.54. The normalized spacial score (nSPS) is 11.8. The van der Waals surface area contributed by atoms with Crippen LogP contribution < -0.4 is 0 Å². The second-order valence-electron chi connectivity index (χ2n) is 4.81. The second-order valence-corrected chi connectivity index (χ2v) is 4.81. The maximum Gasteiger partial charge on any atom is 0.326 e. The van der Waals surface area contributed by atoms with E-state index in [1.807, 2.05) is 19.1 Å². The largest absolute Gasteiger partial charge is 0.480 e. The topological polar surface area (TPSA) is 74.7 Å². The molecule has 0 saturated heterocycles. The van der Waals surface area contributed by atoms with Crippen molar-refractivity contribution in [2.75, 3.05) is 7.05 Å². The Labute approximate surface area is 118 Å². The van der Waals surface area contributed by atoms with Gasteiger partial charge in [-0.15, -0.1) is 0 Å². The van der Waals surface area contributed by atoms with E-state index in [2.05, 4.69) is 0 Å². The van der Waals surface area contributed by atoms with Gasteiger partial charge in [0, 0.05) is 25.5 Å². The quantitative estimate of drug-likeness (QED) is 0.806. The molecule has 0 heterocycles. The van der Waals surface area contributed by atoms with Gasteiger partial charge in [-0.2, -0.15) is 0 Å². The molecule has 20 heavy (non-hydrogen) atoms. The number of likely N-dealkylation sites (N-methyl/N-ethyl adjacent to an activating group) is 1. The van der Waals surface area contributed by atoms with E-state index >= 15 is 0 Å². The minimum Gasteiger partial charge on any atom is -0.480 e. The van der Waals surface area contributed by atoms with Crippen molar-refractivity contribution in [3.05, 3.63) is 35.4 Å². The molecule has 0 spiro atoms. The molecule has 0 fully saturated rings. The van der Waals surface area contributed by atoms with Gasteiger partial charge in [0.05, 0.1) is 0 Å². The van der Waals surface area contributed by atoms with Gasteiger partial charge in [0.1, 0.15) is 6.04 Å². The van der Waals surface area contributed by atoms with Crippen LogP contribution in [0.25, 0.3) is 0 Å². The Morgan fingerprint density at radius 2 is 1.70 bits per heavy atom. The summed E-state index contributed by atoms with van der Waals surface area (Å²) in [6.45, 7) is 3.36. The fourth-order valence-electron chi connectivity index (χ4n) is 1.66. The molecule has 0 bridgehead atoms. The number of aryl methyl sites for hydroxylation is 1. The third-order valence-corrected chi connectivity index (χ3v) is 3.27. The Hall–Kier alpha value is -2.17. The number of aliphatic carboxylic acids is 1. The minimum absolute atomic E-state index is 0.0147. The third-order valence-electron chi connectivity index (χ3n) is 3.27. The van der Waals surface area contributed by atoms with Crippen LogP contribution in [0, 0.1) is 6.92 Å². The van der Waals surface area contributed by atoms with Gasteiger partial charge in [0.25, 0.3) is 0 Å². The maximum atomic E-state index is 11.9. The standard InChI is InChI=1S/C15H19NO4/c1-10-4-6-12(7-5-10)13(17)8-9-14(18)16(3)11(2)15(19)20/h4-7,11H,8-9H2,1-3H3,(H,19,20). The molecule has 0 saturated carbocycles. The van der Waals surface area contributed by atoms with Crippen molar-refractivity contribution in [2.24, 2.45) is 0 Å². The van der Waals surface area contributed by atoms with E-state index in [9.17, 15) is 14.4 Å². The van der Waals surface area contributed by atoms with Crippen LogP contribution in [0.15, 0.2) is 24.3 Å². The molecule has 1 N–H and O–H groups in total.